The van der Waals surface area contributed by atoms with E-state index in [4.69, 9.17) is 4.42 Å². The SMILES string of the molecule is CCNC(=O)Nc1cccc(NC(=O)c2oc3ccccc3c2CN(C)C)c1. The number of amides is 3. The van der Waals surface area contributed by atoms with Crippen molar-refractivity contribution < 1.29 is 14.0 Å². The van der Waals surface area contributed by atoms with E-state index >= 15 is 0 Å². The minimum absolute atomic E-state index is 0.289. The molecule has 0 aliphatic carbocycles. The van der Waals surface area contributed by atoms with Crippen molar-refractivity contribution in [3.8, 4) is 0 Å². The standard InChI is InChI=1S/C21H24N4O3/c1-4-22-21(27)24-15-9-7-8-14(12-15)23-20(26)19-17(13-25(2)3)16-10-5-6-11-18(16)28-19/h5-12H,4,13H2,1-3H3,(H,23,26)(H2,22,24,27). The Morgan fingerprint density at radius 1 is 1.00 bits per heavy atom. The van der Waals surface area contributed by atoms with Gasteiger partial charge in [0, 0.05) is 35.4 Å². The second kappa shape index (κ2) is 8.58. The fourth-order valence-corrected chi connectivity index (χ4v) is 2.95. The first-order chi connectivity index (χ1) is 13.5. The topological polar surface area (TPSA) is 86.6 Å². The first kappa shape index (κ1) is 19.4. The van der Waals surface area contributed by atoms with Crippen LogP contribution in [-0.2, 0) is 6.54 Å². The summed E-state index contributed by atoms with van der Waals surface area (Å²) in [4.78, 5) is 26.6. The summed E-state index contributed by atoms with van der Waals surface area (Å²) in [7, 11) is 3.89. The predicted octanol–water partition coefficient (Wildman–Crippen LogP) is 3.89. The van der Waals surface area contributed by atoms with Crippen LogP contribution in [0.15, 0.2) is 52.9 Å². The smallest absolute Gasteiger partial charge is 0.319 e. The van der Waals surface area contributed by atoms with Crippen LogP contribution in [0, 0.1) is 0 Å². The number of carbonyl (C=O) groups is 2. The zero-order chi connectivity index (χ0) is 20.1. The largest absolute Gasteiger partial charge is 0.451 e. The summed E-state index contributed by atoms with van der Waals surface area (Å²) in [6, 6.07) is 14.3. The first-order valence-corrected chi connectivity index (χ1v) is 9.09. The van der Waals surface area contributed by atoms with Gasteiger partial charge in [-0.1, -0.05) is 24.3 Å². The first-order valence-electron chi connectivity index (χ1n) is 9.09. The third kappa shape index (κ3) is 4.50. The molecule has 0 bridgehead atoms. The van der Waals surface area contributed by atoms with Crippen LogP contribution in [0.3, 0.4) is 0 Å². The molecule has 28 heavy (non-hydrogen) atoms. The molecular formula is C21H24N4O3. The maximum absolute atomic E-state index is 12.9. The molecule has 7 nitrogen and oxygen atoms in total. The lowest BCUT2D eigenvalue weighted by Crippen LogP contribution is -2.28. The van der Waals surface area contributed by atoms with Crippen molar-refractivity contribution in [1.29, 1.82) is 0 Å². The van der Waals surface area contributed by atoms with Crippen molar-refractivity contribution in [1.82, 2.24) is 10.2 Å². The third-order valence-corrected chi connectivity index (χ3v) is 4.09. The highest BCUT2D eigenvalue weighted by Crippen LogP contribution is 2.28. The van der Waals surface area contributed by atoms with Crippen LogP contribution in [0.4, 0.5) is 16.2 Å². The Bertz CT molecular complexity index is 994. The maximum atomic E-state index is 12.9. The quantitative estimate of drug-likeness (QED) is 0.606. The molecule has 0 atom stereocenters. The van der Waals surface area contributed by atoms with E-state index in [1.807, 2.05) is 50.2 Å². The summed E-state index contributed by atoms with van der Waals surface area (Å²) in [6.45, 7) is 2.95. The number of nitrogens with one attached hydrogen (secondary N) is 3. The highest BCUT2D eigenvalue weighted by molar-refractivity contribution is 6.06. The molecule has 3 aromatic rings. The Kier molecular flexibility index (Phi) is 5.96. The second-order valence-corrected chi connectivity index (χ2v) is 6.66. The van der Waals surface area contributed by atoms with Gasteiger partial charge in [0.15, 0.2) is 5.76 Å². The molecule has 3 rings (SSSR count). The van der Waals surface area contributed by atoms with Crippen LogP contribution in [0.25, 0.3) is 11.0 Å². The van der Waals surface area contributed by atoms with E-state index < -0.39 is 0 Å². The molecule has 0 spiro atoms. The number of rotatable bonds is 6. The molecule has 0 saturated carbocycles. The lowest BCUT2D eigenvalue weighted by molar-refractivity contribution is 0.0996. The zero-order valence-electron chi connectivity index (χ0n) is 16.2. The molecule has 7 heteroatoms. The average molecular weight is 380 g/mol. The molecule has 3 N–H and O–H groups in total. The molecule has 1 aromatic heterocycles. The fraction of sp³-hybridized carbons (Fsp3) is 0.238. The number of hydrogen-bond acceptors (Lipinski definition) is 4. The van der Waals surface area contributed by atoms with E-state index in [2.05, 4.69) is 16.0 Å². The van der Waals surface area contributed by atoms with E-state index in [1.54, 1.807) is 24.3 Å². The van der Waals surface area contributed by atoms with Gasteiger partial charge < -0.3 is 25.3 Å². The van der Waals surface area contributed by atoms with Gasteiger partial charge in [0.05, 0.1) is 0 Å². The van der Waals surface area contributed by atoms with Crippen LogP contribution in [0.2, 0.25) is 0 Å². The molecular weight excluding hydrogens is 356 g/mol. The van der Waals surface area contributed by atoms with Crippen LogP contribution in [0.5, 0.6) is 0 Å². The molecule has 0 radical (unpaired) electrons. The molecule has 0 aliphatic heterocycles. The lowest BCUT2D eigenvalue weighted by Gasteiger charge is -2.11. The van der Waals surface area contributed by atoms with E-state index in [9.17, 15) is 9.59 Å². The van der Waals surface area contributed by atoms with Gasteiger partial charge in [-0.25, -0.2) is 4.79 Å². The Labute approximate surface area is 163 Å². The summed E-state index contributed by atoms with van der Waals surface area (Å²) >= 11 is 0. The fourth-order valence-electron chi connectivity index (χ4n) is 2.95. The molecule has 146 valence electrons. The normalized spacial score (nSPS) is 10.9. The van der Waals surface area contributed by atoms with Crippen molar-refractivity contribution >= 4 is 34.3 Å². The maximum Gasteiger partial charge on any atom is 0.319 e. The average Bonchev–Trinajstić information content (AvgIpc) is 3.00. The predicted molar refractivity (Wildman–Crippen MR) is 111 cm³/mol. The monoisotopic (exact) mass is 380 g/mol. The number of anilines is 2. The lowest BCUT2D eigenvalue weighted by atomic mass is 10.1. The van der Waals surface area contributed by atoms with Gasteiger partial charge >= 0.3 is 6.03 Å². The van der Waals surface area contributed by atoms with Crippen molar-refractivity contribution in [2.75, 3.05) is 31.3 Å². The van der Waals surface area contributed by atoms with Gasteiger partial charge in [-0.15, -0.1) is 0 Å². The molecule has 3 amide bonds. The number of furan rings is 1. The number of fused-ring (bicyclic) bond motifs is 1. The van der Waals surface area contributed by atoms with E-state index in [1.165, 1.54) is 0 Å². The van der Waals surface area contributed by atoms with Crippen molar-refractivity contribution in [3.05, 3.63) is 59.9 Å². The number of hydrogen-bond donors (Lipinski definition) is 3. The van der Waals surface area contributed by atoms with Gasteiger partial charge in [-0.2, -0.15) is 0 Å². The number of nitrogens with zero attached hydrogens (tertiary/aromatic N) is 1. The Hall–Kier alpha value is -3.32. The van der Waals surface area contributed by atoms with Gasteiger partial charge in [-0.3, -0.25) is 4.79 Å². The van der Waals surface area contributed by atoms with Gasteiger partial charge in [0.2, 0.25) is 0 Å². The van der Waals surface area contributed by atoms with Crippen LogP contribution < -0.4 is 16.0 Å². The minimum Gasteiger partial charge on any atom is -0.451 e. The number of benzene rings is 2. The highest BCUT2D eigenvalue weighted by Gasteiger charge is 2.21. The van der Waals surface area contributed by atoms with E-state index in [-0.39, 0.29) is 17.7 Å². The van der Waals surface area contributed by atoms with Crippen LogP contribution >= 0.6 is 0 Å². The van der Waals surface area contributed by atoms with E-state index in [0.29, 0.717) is 30.0 Å². The number of carbonyl (C=O) groups excluding carboxylic acids is 2. The molecule has 0 saturated heterocycles. The molecule has 2 aromatic carbocycles. The second-order valence-electron chi connectivity index (χ2n) is 6.66. The summed E-state index contributed by atoms with van der Waals surface area (Å²) < 4.78 is 5.84. The van der Waals surface area contributed by atoms with Crippen molar-refractivity contribution in [2.45, 2.75) is 13.5 Å². The van der Waals surface area contributed by atoms with Crippen LogP contribution in [0.1, 0.15) is 23.0 Å². The van der Waals surface area contributed by atoms with E-state index in [0.717, 1.165) is 10.9 Å². The van der Waals surface area contributed by atoms with Gasteiger partial charge in [-0.05, 0) is 45.3 Å². The highest BCUT2D eigenvalue weighted by atomic mass is 16.3. The summed E-state index contributed by atoms with van der Waals surface area (Å²) in [5.41, 5.74) is 2.67. The van der Waals surface area contributed by atoms with Crippen LogP contribution in [-0.4, -0.2) is 37.5 Å². The van der Waals surface area contributed by atoms with Crippen molar-refractivity contribution in [3.63, 3.8) is 0 Å². The third-order valence-electron chi connectivity index (χ3n) is 4.09. The van der Waals surface area contributed by atoms with Gasteiger partial charge in [0.25, 0.3) is 5.91 Å². The molecule has 0 unspecified atom stereocenters. The molecule has 1 heterocycles. The Morgan fingerprint density at radius 3 is 2.43 bits per heavy atom. The number of para-hydroxylation sites is 1. The summed E-state index contributed by atoms with van der Waals surface area (Å²) in [5, 5.41) is 9.17. The molecule has 0 fully saturated rings. The Balaban J connectivity index is 1.84. The zero-order valence-corrected chi connectivity index (χ0v) is 16.2. The molecule has 0 aliphatic rings. The Morgan fingerprint density at radius 2 is 1.71 bits per heavy atom. The van der Waals surface area contributed by atoms with Gasteiger partial charge in [0.1, 0.15) is 5.58 Å². The van der Waals surface area contributed by atoms with Crippen molar-refractivity contribution in [2.24, 2.45) is 0 Å². The minimum atomic E-state index is -0.330. The summed E-state index contributed by atoms with van der Waals surface area (Å²) in [5.74, 6) is -0.0415. The number of urea groups is 1. The summed E-state index contributed by atoms with van der Waals surface area (Å²) in [6.07, 6.45) is 0.